The van der Waals surface area contributed by atoms with Gasteiger partial charge in [-0.25, -0.2) is 4.98 Å². The van der Waals surface area contributed by atoms with Gasteiger partial charge in [0.15, 0.2) is 0 Å². The van der Waals surface area contributed by atoms with E-state index < -0.39 is 0 Å². The van der Waals surface area contributed by atoms with Gasteiger partial charge in [0.05, 0.1) is 0 Å². The molecule has 29 heavy (non-hydrogen) atoms. The molecule has 2 aliphatic heterocycles. The van der Waals surface area contributed by atoms with Crippen molar-refractivity contribution in [2.24, 2.45) is 0 Å². The third kappa shape index (κ3) is 5.69. The Morgan fingerprint density at radius 3 is 2.14 bits per heavy atom. The van der Waals surface area contributed by atoms with Crippen LogP contribution in [0.3, 0.4) is 0 Å². The average Bonchev–Trinajstić information content (AvgIpc) is 3.48. The predicted octanol–water partition coefficient (Wildman–Crippen LogP) is 2.19. The molecule has 2 saturated heterocycles. The van der Waals surface area contributed by atoms with Crippen LogP contribution in [0.2, 0.25) is 0 Å². The van der Waals surface area contributed by atoms with Gasteiger partial charge < -0.3 is 25.8 Å². The lowest BCUT2D eigenvalue weighted by molar-refractivity contribution is 0.717. The molecule has 2 fully saturated rings. The van der Waals surface area contributed by atoms with Crippen LogP contribution in [0.4, 0.5) is 23.4 Å². The van der Waals surface area contributed by atoms with Gasteiger partial charge in [0.2, 0.25) is 5.95 Å². The van der Waals surface area contributed by atoms with Gasteiger partial charge in [-0.05, 0) is 37.8 Å². The fraction of sp³-hybridized carbons (Fsp3) is 0.571. The van der Waals surface area contributed by atoms with Crippen LogP contribution in [0.5, 0.6) is 0 Å². The summed E-state index contributed by atoms with van der Waals surface area (Å²) >= 11 is 0. The van der Waals surface area contributed by atoms with Crippen LogP contribution in [-0.4, -0.2) is 67.3 Å². The average molecular weight is 397 g/mol. The molecule has 0 atom stereocenters. The molecule has 2 aromatic heterocycles. The zero-order valence-electron chi connectivity index (χ0n) is 17.1. The van der Waals surface area contributed by atoms with Crippen molar-refractivity contribution < 1.29 is 0 Å². The number of hydrogen-bond donors (Lipinski definition) is 3. The number of rotatable bonds is 10. The summed E-state index contributed by atoms with van der Waals surface area (Å²) in [6.07, 6.45) is 6.77. The summed E-state index contributed by atoms with van der Waals surface area (Å²) in [6, 6.07) is 7.99. The zero-order chi connectivity index (χ0) is 19.7. The number of nitrogens with one attached hydrogen (secondary N) is 3. The molecule has 8 nitrogen and oxygen atoms in total. The number of hydrogen-bond acceptors (Lipinski definition) is 8. The summed E-state index contributed by atoms with van der Waals surface area (Å²) in [5.74, 6) is 3.78. The SMILES string of the molecule is c1ccc(NCCNCCNc2cc(N3CCCC3)nc(N3CCCC3)n2)nc1. The van der Waals surface area contributed by atoms with Crippen molar-refractivity contribution in [1.82, 2.24) is 20.3 Å². The van der Waals surface area contributed by atoms with E-state index in [9.17, 15) is 0 Å². The molecule has 0 spiro atoms. The third-order valence-corrected chi connectivity index (χ3v) is 5.40. The van der Waals surface area contributed by atoms with E-state index in [0.717, 1.165) is 75.8 Å². The number of nitrogens with zero attached hydrogens (tertiary/aromatic N) is 5. The Hall–Kier alpha value is -2.61. The van der Waals surface area contributed by atoms with Crippen LogP contribution >= 0.6 is 0 Å². The van der Waals surface area contributed by atoms with Gasteiger partial charge in [0.1, 0.15) is 17.5 Å². The molecule has 2 aromatic rings. The highest BCUT2D eigenvalue weighted by molar-refractivity contribution is 5.55. The largest absolute Gasteiger partial charge is 0.369 e. The van der Waals surface area contributed by atoms with Crippen LogP contribution in [0.1, 0.15) is 25.7 Å². The number of anilines is 4. The van der Waals surface area contributed by atoms with E-state index in [1.165, 1.54) is 25.7 Å². The zero-order valence-corrected chi connectivity index (χ0v) is 17.1. The molecule has 0 radical (unpaired) electrons. The smallest absolute Gasteiger partial charge is 0.229 e. The van der Waals surface area contributed by atoms with E-state index in [0.29, 0.717) is 0 Å². The molecular weight excluding hydrogens is 364 g/mol. The summed E-state index contributed by atoms with van der Waals surface area (Å²) in [5, 5.41) is 10.2. The molecule has 0 aromatic carbocycles. The molecule has 0 amide bonds. The lowest BCUT2D eigenvalue weighted by Crippen LogP contribution is -2.28. The normalized spacial score (nSPS) is 16.4. The van der Waals surface area contributed by atoms with Crippen LogP contribution in [0.25, 0.3) is 0 Å². The lowest BCUT2D eigenvalue weighted by Gasteiger charge is -2.22. The van der Waals surface area contributed by atoms with E-state index in [4.69, 9.17) is 9.97 Å². The fourth-order valence-electron chi connectivity index (χ4n) is 3.83. The van der Waals surface area contributed by atoms with Crippen LogP contribution < -0.4 is 25.8 Å². The molecule has 2 aliphatic rings. The molecule has 0 aliphatic carbocycles. The number of aromatic nitrogens is 3. The molecule has 4 heterocycles. The first-order valence-corrected chi connectivity index (χ1v) is 10.9. The predicted molar refractivity (Wildman–Crippen MR) is 119 cm³/mol. The van der Waals surface area contributed by atoms with Crippen molar-refractivity contribution in [3.05, 3.63) is 30.5 Å². The Bertz CT molecular complexity index is 707. The summed E-state index contributed by atoms with van der Waals surface area (Å²) in [6.45, 7) is 7.77. The molecule has 0 unspecified atom stereocenters. The standard InChI is InChI=1S/C21H32N8/c1-2-8-23-18(7-1)24-11-9-22-10-12-25-19-17-20(28-13-3-4-14-28)27-21(26-19)29-15-5-6-16-29/h1-2,7-8,17,22H,3-6,9-16H2,(H,23,24)(H,25,26,27). The second-order valence-electron chi connectivity index (χ2n) is 7.62. The Kier molecular flexibility index (Phi) is 6.96. The molecule has 4 rings (SSSR count). The summed E-state index contributed by atoms with van der Waals surface area (Å²) in [5.41, 5.74) is 0. The minimum absolute atomic E-state index is 0.833. The van der Waals surface area contributed by atoms with Gasteiger partial charge >= 0.3 is 0 Å². The highest BCUT2D eigenvalue weighted by atomic mass is 15.3. The highest BCUT2D eigenvalue weighted by Gasteiger charge is 2.20. The third-order valence-electron chi connectivity index (χ3n) is 5.40. The monoisotopic (exact) mass is 396 g/mol. The first-order chi connectivity index (χ1) is 14.4. The first kappa shape index (κ1) is 19.7. The van der Waals surface area contributed by atoms with E-state index in [1.807, 2.05) is 18.2 Å². The lowest BCUT2D eigenvalue weighted by atomic mass is 10.4. The van der Waals surface area contributed by atoms with Crippen LogP contribution in [-0.2, 0) is 0 Å². The molecule has 156 valence electrons. The second-order valence-corrected chi connectivity index (χ2v) is 7.62. The van der Waals surface area contributed by atoms with Crippen LogP contribution in [0, 0.1) is 0 Å². The van der Waals surface area contributed by atoms with Crippen molar-refractivity contribution in [2.45, 2.75) is 25.7 Å². The minimum atomic E-state index is 0.833. The van der Waals surface area contributed by atoms with Gasteiger partial charge in [-0.1, -0.05) is 6.07 Å². The Morgan fingerprint density at radius 1 is 0.759 bits per heavy atom. The van der Waals surface area contributed by atoms with E-state index >= 15 is 0 Å². The van der Waals surface area contributed by atoms with Crippen molar-refractivity contribution in [2.75, 3.05) is 72.8 Å². The topological polar surface area (TPSA) is 81.2 Å². The summed E-state index contributed by atoms with van der Waals surface area (Å²) in [4.78, 5) is 18.6. The Morgan fingerprint density at radius 2 is 1.45 bits per heavy atom. The minimum Gasteiger partial charge on any atom is -0.369 e. The van der Waals surface area contributed by atoms with Gasteiger partial charge in [-0.2, -0.15) is 9.97 Å². The first-order valence-electron chi connectivity index (χ1n) is 10.9. The van der Waals surface area contributed by atoms with Gasteiger partial charge in [-0.15, -0.1) is 0 Å². The van der Waals surface area contributed by atoms with Gasteiger partial charge in [-0.3, -0.25) is 0 Å². The van der Waals surface area contributed by atoms with Crippen molar-refractivity contribution in [3.63, 3.8) is 0 Å². The van der Waals surface area contributed by atoms with Gasteiger partial charge in [0.25, 0.3) is 0 Å². The van der Waals surface area contributed by atoms with E-state index in [2.05, 4.69) is 36.8 Å². The van der Waals surface area contributed by atoms with E-state index in [1.54, 1.807) is 6.20 Å². The molecule has 0 saturated carbocycles. The Labute approximate surface area is 173 Å². The molecule has 0 bridgehead atoms. The van der Waals surface area contributed by atoms with Crippen molar-refractivity contribution in [1.29, 1.82) is 0 Å². The summed E-state index contributed by atoms with van der Waals surface area (Å²) in [7, 11) is 0. The maximum Gasteiger partial charge on any atom is 0.229 e. The van der Waals surface area contributed by atoms with E-state index in [-0.39, 0.29) is 0 Å². The van der Waals surface area contributed by atoms with Gasteiger partial charge in [0, 0.05) is 64.6 Å². The van der Waals surface area contributed by atoms with Crippen LogP contribution in [0.15, 0.2) is 30.5 Å². The summed E-state index contributed by atoms with van der Waals surface area (Å²) < 4.78 is 0. The highest BCUT2D eigenvalue weighted by Crippen LogP contribution is 2.25. The second kappa shape index (κ2) is 10.2. The maximum absolute atomic E-state index is 4.87. The molecule has 8 heteroatoms. The Balaban J connectivity index is 1.25. The maximum atomic E-state index is 4.87. The van der Waals surface area contributed by atoms with Crippen molar-refractivity contribution in [3.8, 4) is 0 Å². The quantitative estimate of drug-likeness (QED) is 0.527. The molecule has 3 N–H and O–H groups in total. The number of pyridine rings is 1. The van der Waals surface area contributed by atoms with Crippen molar-refractivity contribution >= 4 is 23.4 Å². The molecular formula is C21H32N8. The fourth-order valence-corrected chi connectivity index (χ4v) is 3.83.